The summed E-state index contributed by atoms with van der Waals surface area (Å²) >= 11 is 1.95. The summed E-state index contributed by atoms with van der Waals surface area (Å²) in [7, 11) is -4.12. The normalized spacial score (nSPS) is 30.1. The summed E-state index contributed by atoms with van der Waals surface area (Å²) in [5.41, 5.74) is 6.81. The van der Waals surface area contributed by atoms with Gasteiger partial charge in [0.1, 0.15) is 23.8 Å². The minimum absolute atomic E-state index is 0.246. The number of anilines is 1. The second-order valence-corrected chi connectivity index (χ2v) is 8.80. The third kappa shape index (κ3) is 3.62. The first-order valence-corrected chi connectivity index (χ1v) is 10.4. The van der Waals surface area contributed by atoms with E-state index in [0.29, 0.717) is 15.0 Å². The Kier molecular flexibility index (Phi) is 4.56. The molecule has 0 amide bonds. The molecule has 4 N–H and O–H groups in total. The molecule has 4 atom stereocenters. The van der Waals surface area contributed by atoms with Crippen LogP contribution in [0.3, 0.4) is 0 Å². The van der Waals surface area contributed by atoms with E-state index in [1.807, 2.05) is 22.6 Å². The Hall–Kier alpha value is -1.17. The van der Waals surface area contributed by atoms with Crippen LogP contribution in [-0.2, 0) is 28.7 Å². The SMILES string of the molecule is CC1(C)O[C@@H]2[C@H](O1)[C@@H](COS(N)(=O)=O)O[C@H]2n1cnc2c(N)nc(I)nc21. The van der Waals surface area contributed by atoms with E-state index >= 15 is 0 Å². The molecule has 0 radical (unpaired) electrons. The van der Waals surface area contributed by atoms with Gasteiger partial charge in [-0.1, -0.05) is 0 Å². The number of hydrogen-bond donors (Lipinski definition) is 2. The predicted molar refractivity (Wildman–Crippen MR) is 99.2 cm³/mol. The molecule has 4 rings (SSSR count). The molecule has 0 aromatic carbocycles. The molecule has 2 aromatic heterocycles. The van der Waals surface area contributed by atoms with Crippen molar-refractivity contribution >= 4 is 49.9 Å². The van der Waals surface area contributed by atoms with Crippen molar-refractivity contribution in [2.24, 2.45) is 5.14 Å². The van der Waals surface area contributed by atoms with Crippen molar-refractivity contribution in [3.05, 3.63) is 10.2 Å². The molecular weight excluding hydrogens is 495 g/mol. The van der Waals surface area contributed by atoms with Crippen LogP contribution in [0.1, 0.15) is 20.1 Å². The van der Waals surface area contributed by atoms with Crippen molar-refractivity contribution in [1.82, 2.24) is 19.5 Å². The molecule has 4 heterocycles. The van der Waals surface area contributed by atoms with E-state index in [1.165, 1.54) is 6.33 Å². The number of imidazole rings is 1. The second-order valence-electron chi connectivity index (χ2n) is 6.61. The van der Waals surface area contributed by atoms with Gasteiger partial charge in [-0.05, 0) is 13.8 Å². The fourth-order valence-electron chi connectivity index (χ4n) is 3.28. The van der Waals surface area contributed by atoms with Gasteiger partial charge in [-0.15, -0.1) is 0 Å². The first kappa shape index (κ1) is 19.2. The van der Waals surface area contributed by atoms with Crippen LogP contribution in [0, 0.1) is 3.83 Å². The van der Waals surface area contributed by atoms with Gasteiger partial charge < -0.3 is 19.9 Å². The van der Waals surface area contributed by atoms with Crippen LogP contribution in [0.25, 0.3) is 11.2 Å². The third-order valence-corrected chi connectivity index (χ3v) is 5.16. The van der Waals surface area contributed by atoms with Crippen molar-refractivity contribution in [2.45, 2.75) is 44.2 Å². The number of rotatable bonds is 4. The summed E-state index contributed by atoms with van der Waals surface area (Å²) in [6, 6.07) is 0. The lowest BCUT2D eigenvalue weighted by molar-refractivity contribution is -0.198. The van der Waals surface area contributed by atoms with Crippen molar-refractivity contribution in [1.29, 1.82) is 0 Å². The summed E-state index contributed by atoms with van der Waals surface area (Å²) in [4.78, 5) is 12.7. The molecule has 0 aliphatic carbocycles. The average molecular weight is 512 g/mol. The minimum atomic E-state index is -4.12. The number of fused-ring (bicyclic) bond motifs is 2. The highest BCUT2D eigenvalue weighted by Gasteiger charge is 2.56. The van der Waals surface area contributed by atoms with E-state index in [4.69, 9.17) is 29.3 Å². The van der Waals surface area contributed by atoms with Crippen LogP contribution >= 0.6 is 22.6 Å². The number of aromatic nitrogens is 4. The Bertz CT molecular complexity index is 997. The quantitative estimate of drug-likeness (QED) is 0.408. The Labute approximate surface area is 167 Å². The molecule has 148 valence electrons. The first-order chi connectivity index (χ1) is 12.5. The van der Waals surface area contributed by atoms with Gasteiger partial charge in [0, 0.05) is 22.6 Å². The maximum Gasteiger partial charge on any atom is 0.333 e. The molecule has 0 unspecified atom stereocenters. The molecule has 2 aromatic rings. The molecule has 12 nitrogen and oxygen atoms in total. The fraction of sp³-hybridized carbons (Fsp3) is 0.615. The van der Waals surface area contributed by atoms with Gasteiger partial charge in [-0.2, -0.15) is 8.42 Å². The third-order valence-electron chi connectivity index (χ3n) is 4.22. The monoisotopic (exact) mass is 512 g/mol. The molecular formula is C13H17IN6O6S. The van der Waals surface area contributed by atoms with Gasteiger partial charge in [0.2, 0.25) is 0 Å². The Morgan fingerprint density at radius 2 is 2.04 bits per heavy atom. The van der Waals surface area contributed by atoms with Crippen LogP contribution in [-0.4, -0.2) is 58.6 Å². The zero-order chi connectivity index (χ0) is 19.6. The highest BCUT2D eigenvalue weighted by atomic mass is 127. The van der Waals surface area contributed by atoms with E-state index in [-0.39, 0.29) is 12.4 Å². The Morgan fingerprint density at radius 3 is 2.74 bits per heavy atom. The minimum Gasteiger partial charge on any atom is -0.382 e. The largest absolute Gasteiger partial charge is 0.382 e. The Morgan fingerprint density at radius 1 is 1.33 bits per heavy atom. The molecule has 0 bridgehead atoms. The molecule has 14 heteroatoms. The summed E-state index contributed by atoms with van der Waals surface area (Å²) < 4.78 is 46.9. The smallest absolute Gasteiger partial charge is 0.333 e. The van der Waals surface area contributed by atoms with Gasteiger partial charge in [-0.3, -0.25) is 8.75 Å². The standard InChI is InChI=1S/C13H17IN6O6S/c1-13(2)25-7-5(3-23-27(16,21)22)24-11(8(7)26-13)20-4-17-6-9(15)18-12(14)19-10(6)20/h4-5,7-8,11H,3H2,1-2H3,(H2,15,18,19)(H2,16,21,22)/t5-,7-,8-,11-/m1/s1. The van der Waals surface area contributed by atoms with Crippen molar-refractivity contribution in [3.8, 4) is 0 Å². The number of hydrogen-bond acceptors (Lipinski definition) is 10. The summed E-state index contributed by atoms with van der Waals surface area (Å²) in [5.74, 6) is -0.633. The summed E-state index contributed by atoms with van der Waals surface area (Å²) in [5, 5.41) is 4.92. The number of ether oxygens (including phenoxy) is 3. The van der Waals surface area contributed by atoms with Crippen molar-refractivity contribution < 1.29 is 26.8 Å². The molecule has 2 aliphatic rings. The highest BCUT2D eigenvalue weighted by molar-refractivity contribution is 14.1. The van der Waals surface area contributed by atoms with Gasteiger partial charge in [-0.25, -0.2) is 20.1 Å². The fourth-order valence-corrected chi connectivity index (χ4v) is 4.09. The average Bonchev–Trinajstić information content (AvgIpc) is 3.15. The van der Waals surface area contributed by atoms with E-state index < -0.39 is 40.6 Å². The zero-order valence-corrected chi connectivity index (χ0v) is 17.2. The van der Waals surface area contributed by atoms with Crippen molar-refractivity contribution in [2.75, 3.05) is 12.3 Å². The number of nitrogens with zero attached hydrogens (tertiary/aromatic N) is 4. The second kappa shape index (κ2) is 6.43. The molecule has 0 spiro atoms. The molecule has 0 saturated carbocycles. The molecule has 2 aliphatic heterocycles. The van der Waals surface area contributed by atoms with Gasteiger partial charge >= 0.3 is 10.3 Å². The van der Waals surface area contributed by atoms with Crippen LogP contribution in [0.5, 0.6) is 0 Å². The maximum atomic E-state index is 11.1. The molecule has 27 heavy (non-hydrogen) atoms. The van der Waals surface area contributed by atoms with Gasteiger partial charge in [0.25, 0.3) is 0 Å². The lowest BCUT2D eigenvalue weighted by Gasteiger charge is -2.24. The molecule has 2 saturated heterocycles. The van der Waals surface area contributed by atoms with E-state index in [9.17, 15) is 8.42 Å². The number of nitrogens with two attached hydrogens (primary N) is 2. The first-order valence-electron chi connectivity index (χ1n) is 7.88. The van der Waals surface area contributed by atoms with Crippen molar-refractivity contribution in [3.63, 3.8) is 0 Å². The topological polar surface area (TPSA) is 167 Å². The van der Waals surface area contributed by atoms with Crippen LogP contribution < -0.4 is 10.9 Å². The van der Waals surface area contributed by atoms with E-state index in [1.54, 1.807) is 18.4 Å². The number of halogens is 1. The lowest BCUT2D eigenvalue weighted by atomic mass is 10.1. The Balaban J connectivity index is 1.70. The summed E-state index contributed by atoms with van der Waals surface area (Å²) in [6.45, 7) is 3.21. The zero-order valence-electron chi connectivity index (χ0n) is 14.3. The van der Waals surface area contributed by atoms with E-state index in [0.717, 1.165) is 0 Å². The van der Waals surface area contributed by atoms with Crippen LogP contribution in [0.2, 0.25) is 0 Å². The number of nitrogen functional groups attached to an aromatic ring is 1. The van der Waals surface area contributed by atoms with Crippen LogP contribution in [0.4, 0.5) is 5.82 Å². The summed E-state index contributed by atoms with van der Waals surface area (Å²) in [6.07, 6.45) is -0.995. The predicted octanol–water partition coefficient (Wildman–Crippen LogP) is -0.349. The molecule has 2 fully saturated rings. The lowest BCUT2D eigenvalue weighted by Crippen LogP contribution is -2.34. The maximum absolute atomic E-state index is 11.1. The van der Waals surface area contributed by atoms with E-state index in [2.05, 4.69) is 15.0 Å². The van der Waals surface area contributed by atoms with Crippen LogP contribution in [0.15, 0.2) is 6.33 Å². The van der Waals surface area contributed by atoms with Gasteiger partial charge in [0.15, 0.2) is 27.3 Å². The highest BCUT2D eigenvalue weighted by Crippen LogP contribution is 2.44. The van der Waals surface area contributed by atoms with Gasteiger partial charge in [0.05, 0.1) is 12.9 Å².